The van der Waals surface area contributed by atoms with E-state index in [2.05, 4.69) is 170 Å². The fourth-order valence-electron chi connectivity index (χ4n) is 7.28. The normalized spacial score (nSPS) is 23.3. The van der Waals surface area contributed by atoms with E-state index in [0.717, 1.165) is 0 Å². The van der Waals surface area contributed by atoms with E-state index in [4.69, 9.17) is 0 Å². The number of fused-ring (bicyclic) bond motifs is 3. The maximum absolute atomic E-state index is 2.43. The first-order valence-electron chi connectivity index (χ1n) is 15.0. The molecule has 0 nitrogen and oxygen atoms in total. The predicted molar refractivity (Wildman–Crippen MR) is 177 cm³/mol. The summed E-state index contributed by atoms with van der Waals surface area (Å²) in [5.41, 5.74) is 10.6. The molecule has 0 aromatic heterocycles. The molecular weight excluding hydrogens is 504 g/mol. The molecule has 0 saturated carbocycles. The molecule has 42 heavy (non-hydrogen) atoms. The molecule has 4 unspecified atom stereocenters. The smallest absolute Gasteiger partial charge is 0.0137 e. The van der Waals surface area contributed by atoms with Crippen molar-refractivity contribution in [3.8, 4) is 22.3 Å². The van der Waals surface area contributed by atoms with E-state index in [-0.39, 0.29) is 0 Å². The van der Waals surface area contributed by atoms with Crippen LogP contribution in [0.2, 0.25) is 0 Å². The molecule has 0 heteroatoms. The molecule has 0 N–H and O–H groups in total. The number of hydrogen-bond donors (Lipinski definition) is 0. The molecular formula is C42H32. The lowest BCUT2D eigenvalue weighted by Gasteiger charge is -2.37. The minimum atomic E-state index is 0.296. The second kappa shape index (κ2) is 10.5. The Balaban J connectivity index is 1.24. The van der Waals surface area contributed by atoms with Crippen molar-refractivity contribution in [2.24, 2.45) is 23.7 Å². The SMILES string of the molecule is C1=CC2C=CC=C(C3=c4ccccc4=C(c4ccc(-c5ccc(-c6ccccc6)cc5)cc4)C4C=CC=CC34)C2C=C1. The molecule has 0 heterocycles. The molecule has 0 radical (unpaired) electrons. The molecule has 0 amide bonds. The van der Waals surface area contributed by atoms with Gasteiger partial charge < -0.3 is 0 Å². The largest absolute Gasteiger partial charge is 0.0767 e. The molecule has 4 aromatic carbocycles. The van der Waals surface area contributed by atoms with Crippen LogP contribution in [0, 0.1) is 23.7 Å². The van der Waals surface area contributed by atoms with Gasteiger partial charge in [0, 0.05) is 23.7 Å². The Kier molecular flexibility index (Phi) is 6.19. The van der Waals surface area contributed by atoms with Gasteiger partial charge in [-0.25, -0.2) is 0 Å². The molecule has 0 spiro atoms. The fraction of sp³-hybridized carbons (Fsp3) is 0.0952. The van der Waals surface area contributed by atoms with Crippen molar-refractivity contribution < 1.29 is 0 Å². The van der Waals surface area contributed by atoms with Crippen LogP contribution in [0.4, 0.5) is 0 Å². The average Bonchev–Trinajstić information content (AvgIpc) is 3.07. The molecule has 4 aromatic rings. The Bertz CT molecular complexity index is 1960. The van der Waals surface area contributed by atoms with E-state index >= 15 is 0 Å². The van der Waals surface area contributed by atoms with E-state index in [1.807, 2.05) is 0 Å². The monoisotopic (exact) mass is 536 g/mol. The average molecular weight is 537 g/mol. The van der Waals surface area contributed by atoms with Crippen LogP contribution in [-0.4, -0.2) is 0 Å². The van der Waals surface area contributed by atoms with Gasteiger partial charge in [-0.1, -0.05) is 170 Å². The minimum Gasteiger partial charge on any atom is -0.0767 e. The van der Waals surface area contributed by atoms with Gasteiger partial charge in [0.05, 0.1) is 0 Å². The van der Waals surface area contributed by atoms with Crippen LogP contribution >= 0.6 is 0 Å². The van der Waals surface area contributed by atoms with Gasteiger partial charge in [-0.3, -0.25) is 0 Å². The Morgan fingerprint density at radius 3 is 1.43 bits per heavy atom. The van der Waals surface area contributed by atoms with Gasteiger partial charge in [0.1, 0.15) is 0 Å². The lowest BCUT2D eigenvalue weighted by atomic mass is 9.66. The maximum atomic E-state index is 2.43. The van der Waals surface area contributed by atoms with Crippen LogP contribution in [-0.2, 0) is 0 Å². The van der Waals surface area contributed by atoms with Gasteiger partial charge in [0.25, 0.3) is 0 Å². The summed E-state index contributed by atoms with van der Waals surface area (Å²) in [6.07, 6.45) is 25.4. The van der Waals surface area contributed by atoms with Gasteiger partial charge in [-0.2, -0.15) is 0 Å². The van der Waals surface area contributed by atoms with Gasteiger partial charge in [0.2, 0.25) is 0 Å². The van der Waals surface area contributed by atoms with Crippen molar-refractivity contribution in [3.63, 3.8) is 0 Å². The summed E-state index contributed by atoms with van der Waals surface area (Å²) in [7, 11) is 0. The van der Waals surface area contributed by atoms with Gasteiger partial charge in [-0.05, 0) is 55.0 Å². The molecule has 0 saturated heterocycles. The summed E-state index contributed by atoms with van der Waals surface area (Å²) in [5.74, 6) is 1.42. The van der Waals surface area contributed by atoms with E-state index in [1.54, 1.807) is 0 Å². The predicted octanol–water partition coefficient (Wildman–Crippen LogP) is 8.60. The Hall–Kier alpha value is -4.94. The maximum Gasteiger partial charge on any atom is 0.0137 e. The Morgan fingerprint density at radius 1 is 0.333 bits per heavy atom. The van der Waals surface area contributed by atoms with Crippen molar-refractivity contribution in [2.45, 2.75) is 0 Å². The van der Waals surface area contributed by atoms with Crippen molar-refractivity contribution in [2.75, 3.05) is 0 Å². The van der Waals surface area contributed by atoms with Gasteiger partial charge in [0.15, 0.2) is 0 Å². The Labute approximate surface area is 248 Å². The van der Waals surface area contributed by atoms with Crippen molar-refractivity contribution in [3.05, 3.63) is 192 Å². The summed E-state index contributed by atoms with van der Waals surface area (Å²) >= 11 is 0. The highest BCUT2D eigenvalue weighted by Gasteiger charge is 2.35. The third-order valence-electron chi connectivity index (χ3n) is 9.29. The topological polar surface area (TPSA) is 0 Å². The summed E-state index contributed by atoms with van der Waals surface area (Å²) in [5, 5.41) is 2.73. The lowest BCUT2D eigenvalue weighted by Crippen LogP contribution is -2.41. The fourth-order valence-corrected chi connectivity index (χ4v) is 7.28. The number of benzene rings is 4. The van der Waals surface area contributed by atoms with E-state index in [9.17, 15) is 0 Å². The second-order valence-electron chi connectivity index (χ2n) is 11.6. The molecule has 8 rings (SSSR count). The summed E-state index contributed by atoms with van der Waals surface area (Å²) < 4.78 is 0. The van der Waals surface area contributed by atoms with Crippen LogP contribution in [0.3, 0.4) is 0 Å². The van der Waals surface area contributed by atoms with Crippen molar-refractivity contribution in [1.82, 2.24) is 0 Å². The first kappa shape index (κ1) is 24.8. The van der Waals surface area contributed by atoms with Crippen molar-refractivity contribution >= 4 is 11.1 Å². The van der Waals surface area contributed by atoms with Crippen LogP contribution in [0.5, 0.6) is 0 Å². The zero-order valence-corrected chi connectivity index (χ0v) is 23.5. The quantitative estimate of drug-likeness (QED) is 0.245. The van der Waals surface area contributed by atoms with Crippen LogP contribution in [0.15, 0.2) is 176 Å². The highest BCUT2D eigenvalue weighted by atomic mass is 14.4. The molecule has 4 aliphatic rings. The highest BCUT2D eigenvalue weighted by molar-refractivity contribution is 5.82. The number of hydrogen-bond acceptors (Lipinski definition) is 0. The van der Waals surface area contributed by atoms with Crippen molar-refractivity contribution in [1.29, 1.82) is 0 Å². The molecule has 4 aliphatic carbocycles. The lowest BCUT2D eigenvalue weighted by molar-refractivity contribution is 0.611. The molecule has 0 bridgehead atoms. The highest BCUT2D eigenvalue weighted by Crippen LogP contribution is 2.45. The number of allylic oxidation sites excluding steroid dienone is 12. The van der Waals surface area contributed by atoms with Crippen LogP contribution in [0.25, 0.3) is 33.4 Å². The molecule has 0 fully saturated rings. The van der Waals surface area contributed by atoms with E-state index in [0.29, 0.717) is 23.7 Å². The third kappa shape index (κ3) is 4.23. The molecule has 0 aliphatic heterocycles. The van der Waals surface area contributed by atoms with E-state index in [1.165, 1.54) is 55.0 Å². The summed E-state index contributed by atoms with van der Waals surface area (Å²) in [6, 6.07) is 37.8. The summed E-state index contributed by atoms with van der Waals surface area (Å²) in [4.78, 5) is 0. The molecule has 200 valence electrons. The second-order valence-corrected chi connectivity index (χ2v) is 11.6. The standard InChI is InChI=1S/C42H32/c1-2-11-29(12-3-1)30-21-23-31(24-22-30)32-25-27-34(28-26-32)41-37-16-6-8-18-39(37)42(40-19-9-7-17-38(40)41)36-20-10-14-33-13-4-5-15-35(33)36/h1-28,33,35,37,39H. The zero-order chi connectivity index (χ0) is 27.9. The van der Waals surface area contributed by atoms with Gasteiger partial charge >= 0.3 is 0 Å². The molecule has 4 atom stereocenters. The zero-order valence-electron chi connectivity index (χ0n) is 23.5. The van der Waals surface area contributed by atoms with Crippen LogP contribution < -0.4 is 10.4 Å². The first-order chi connectivity index (χ1) is 20.8. The third-order valence-corrected chi connectivity index (χ3v) is 9.29. The first-order valence-corrected chi connectivity index (χ1v) is 15.0. The van der Waals surface area contributed by atoms with Crippen LogP contribution in [0.1, 0.15) is 5.56 Å². The summed E-state index contributed by atoms with van der Waals surface area (Å²) in [6.45, 7) is 0. The van der Waals surface area contributed by atoms with Gasteiger partial charge in [-0.15, -0.1) is 0 Å². The Morgan fingerprint density at radius 2 is 0.786 bits per heavy atom. The van der Waals surface area contributed by atoms with E-state index < -0.39 is 0 Å². The minimum absolute atomic E-state index is 0.296. The number of rotatable bonds is 4.